The Bertz CT molecular complexity index is 794. The molecule has 9 heteroatoms. The Morgan fingerprint density at radius 1 is 0.852 bits per heavy atom. The normalized spacial score (nSPS) is 9.70. The zero-order chi connectivity index (χ0) is 19.6. The van der Waals surface area contributed by atoms with E-state index in [1.54, 1.807) is 55.6 Å². The summed E-state index contributed by atoms with van der Waals surface area (Å²) in [5.74, 6) is 0.951. The molecule has 0 atom stereocenters. The fourth-order valence-corrected chi connectivity index (χ4v) is 2.11. The Morgan fingerprint density at radius 2 is 1.37 bits per heavy atom. The van der Waals surface area contributed by atoms with Gasteiger partial charge in [0.15, 0.2) is 11.7 Å². The predicted molar refractivity (Wildman–Crippen MR) is 103 cm³/mol. The number of nitrogens with one attached hydrogen (secondary N) is 3. The lowest BCUT2D eigenvalue weighted by molar-refractivity contribution is -0.121. The Hall–Kier alpha value is -3.33. The van der Waals surface area contributed by atoms with Crippen LogP contribution >= 0.6 is 12.2 Å². The first-order valence-corrected chi connectivity index (χ1v) is 8.23. The smallest absolute Gasteiger partial charge is 0.269 e. The molecule has 0 unspecified atom stereocenters. The van der Waals surface area contributed by atoms with Gasteiger partial charge in [0.05, 0.1) is 14.2 Å². The van der Waals surface area contributed by atoms with Crippen LogP contribution in [0.15, 0.2) is 48.5 Å². The Morgan fingerprint density at radius 3 is 1.93 bits per heavy atom. The van der Waals surface area contributed by atoms with E-state index in [4.69, 9.17) is 26.4 Å². The summed E-state index contributed by atoms with van der Waals surface area (Å²) in [5.41, 5.74) is 5.24. The number of hydrazine groups is 1. The predicted octanol–water partition coefficient (Wildman–Crippen LogP) is 1.42. The maximum atomic E-state index is 12.0. The van der Waals surface area contributed by atoms with Gasteiger partial charge in [-0.1, -0.05) is 0 Å². The van der Waals surface area contributed by atoms with E-state index in [2.05, 4.69) is 16.2 Å². The van der Waals surface area contributed by atoms with E-state index >= 15 is 0 Å². The molecule has 0 heterocycles. The molecule has 3 N–H and O–H groups in total. The van der Waals surface area contributed by atoms with Crippen LogP contribution in [0.3, 0.4) is 0 Å². The molecule has 0 aromatic heterocycles. The van der Waals surface area contributed by atoms with Gasteiger partial charge >= 0.3 is 0 Å². The van der Waals surface area contributed by atoms with Crippen molar-refractivity contribution >= 4 is 29.1 Å². The molecule has 0 radical (unpaired) electrons. The Labute approximate surface area is 161 Å². The summed E-state index contributed by atoms with van der Waals surface area (Å²) in [5, 5.41) is 2.34. The molecule has 0 bridgehead atoms. The van der Waals surface area contributed by atoms with Gasteiger partial charge in [-0.05, 0) is 60.7 Å². The second-order valence-corrected chi connectivity index (χ2v) is 5.56. The highest BCUT2D eigenvalue weighted by Gasteiger charge is 2.09. The van der Waals surface area contributed by atoms with Crippen LogP contribution in [0.2, 0.25) is 0 Å². The summed E-state index contributed by atoms with van der Waals surface area (Å²) in [6.07, 6.45) is 0. The van der Waals surface area contributed by atoms with Crippen molar-refractivity contribution in [2.45, 2.75) is 0 Å². The number of benzene rings is 2. The van der Waals surface area contributed by atoms with Crippen molar-refractivity contribution in [2.24, 2.45) is 0 Å². The van der Waals surface area contributed by atoms with Crippen molar-refractivity contribution < 1.29 is 23.8 Å². The van der Waals surface area contributed by atoms with Gasteiger partial charge in [-0.25, -0.2) is 0 Å². The summed E-state index contributed by atoms with van der Waals surface area (Å²) in [6.45, 7) is -0.236. The average Bonchev–Trinajstić information content (AvgIpc) is 2.71. The topological polar surface area (TPSA) is 97.9 Å². The van der Waals surface area contributed by atoms with Crippen LogP contribution in [0.5, 0.6) is 17.2 Å². The van der Waals surface area contributed by atoms with Gasteiger partial charge in [-0.3, -0.25) is 25.8 Å². The van der Waals surface area contributed by atoms with E-state index in [1.165, 1.54) is 7.11 Å². The summed E-state index contributed by atoms with van der Waals surface area (Å²) in [4.78, 5) is 23.8. The van der Waals surface area contributed by atoms with Gasteiger partial charge in [0.1, 0.15) is 17.2 Å². The number of ether oxygens (including phenoxy) is 3. The second-order valence-electron chi connectivity index (χ2n) is 5.15. The van der Waals surface area contributed by atoms with Crippen molar-refractivity contribution in [1.82, 2.24) is 16.2 Å². The van der Waals surface area contributed by atoms with Crippen molar-refractivity contribution in [1.29, 1.82) is 0 Å². The third kappa shape index (κ3) is 6.48. The van der Waals surface area contributed by atoms with Gasteiger partial charge in [0.2, 0.25) is 0 Å². The molecule has 142 valence electrons. The zero-order valence-corrected chi connectivity index (χ0v) is 15.6. The van der Waals surface area contributed by atoms with Crippen LogP contribution in [0.1, 0.15) is 10.4 Å². The van der Waals surface area contributed by atoms with Crippen molar-refractivity contribution in [3.63, 3.8) is 0 Å². The molecule has 0 aliphatic heterocycles. The summed E-state index contributed by atoms with van der Waals surface area (Å²) >= 11 is 4.95. The average molecular weight is 389 g/mol. The molecular weight excluding hydrogens is 370 g/mol. The van der Waals surface area contributed by atoms with Crippen LogP contribution in [0, 0.1) is 0 Å². The van der Waals surface area contributed by atoms with Gasteiger partial charge < -0.3 is 14.2 Å². The zero-order valence-electron chi connectivity index (χ0n) is 14.8. The number of thiocarbonyl (C=S) groups is 1. The Balaban J connectivity index is 1.72. The quantitative estimate of drug-likeness (QED) is 0.508. The molecule has 0 saturated heterocycles. The first kappa shape index (κ1) is 20.0. The fourth-order valence-electron chi connectivity index (χ4n) is 1.94. The lowest BCUT2D eigenvalue weighted by Crippen LogP contribution is -2.49. The van der Waals surface area contributed by atoms with Crippen LogP contribution in [0.4, 0.5) is 0 Å². The monoisotopic (exact) mass is 389 g/mol. The minimum absolute atomic E-state index is 0.0554. The number of hydrogen-bond acceptors (Lipinski definition) is 6. The number of carbonyl (C=O) groups is 2. The number of methoxy groups -OCH3 is 2. The highest BCUT2D eigenvalue weighted by molar-refractivity contribution is 7.80. The number of hydrogen-bond donors (Lipinski definition) is 3. The van der Waals surface area contributed by atoms with E-state index in [0.29, 0.717) is 22.8 Å². The molecule has 2 aromatic rings. The maximum Gasteiger partial charge on any atom is 0.269 e. The van der Waals surface area contributed by atoms with E-state index in [9.17, 15) is 9.59 Å². The fraction of sp³-hybridized carbons (Fsp3) is 0.167. The molecule has 2 aromatic carbocycles. The first-order chi connectivity index (χ1) is 13.0. The van der Waals surface area contributed by atoms with E-state index in [-0.39, 0.29) is 11.7 Å². The van der Waals surface area contributed by atoms with Crippen molar-refractivity contribution in [2.75, 3.05) is 20.8 Å². The van der Waals surface area contributed by atoms with Gasteiger partial charge in [-0.2, -0.15) is 0 Å². The highest BCUT2D eigenvalue weighted by Crippen LogP contribution is 2.16. The summed E-state index contributed by atoms with van der Waals surface area (Å²) in [6, 6.07) is 13.3. The molecule has 0 spiro atoms. The van der Waals surface area contributed by atoms with Crippen LogP contribution < -0.4 is 30.4 Å². The highest BCUT2D eigenvalue weighted by atomic mass is 32.1. The molecule has 2 amide bonds. The van der Waals surface area contributed by atoms with Crippen molar-refractivity contribution in [3.8, 4) is 17.2 Å². The molecule has 0 aliphatic rings. The third-order valence-electron chi connectivity index (χ3n) is 3.32. The lowest BCUT2D eigenvalue weighted by atomic mass is 10.2. The summed E-state index contributed by atoms with van der Waals surface area (Å²) < 4.78 is 15.4. The molecule has 0 aliphatic carbocycles. The standard InChI is InChI=1S/C18H19N3O5S/c1-24-13-5-3-12(4-6-13)17(23)20-21-18(27)19-16(22)11-26-15-9-7-14(25-2)8-10-15/h3-10H,11H2,1-2H3,(H,20,23)(H2,19,21,22,27). The number of amides is 2. The summed E-state index contributed by atoms with van der Waals surface area (Å²) in [7, 11) is 3.10. The van der Waals surface area contributed by atoms with Gasteiger partial charge in [0, 0.05) is 5.56 Å². The lowest BCUT2D eigenvalue weighted by Gasteiger charge is -2.11. The maximum absolute atomic E-state index is 12.0. The minimum atomic E-state index is -0.470. The molecular formula is C18H19N3O5S. The largest absolute Gasteiger partial charge is 0.497 e. The van der Waals surface area contributed by atoms with Crippen LogP contribution in [-0.2, 0) is 4.79 Å². The van der Waals surface area contributed by atoms with Crippen molar-refractivity contribution in [3.05, 3.63) is 54.1 Å². The number of rotatable bonds is 6. The molecule has 0 saturated carbocycles. The van der Waals surface area contributed by atoms with E-state index < -0.39 is 11.8 Å². The van der Waals surface area contributed by atoms with E-state index in [0.717, 1.165) is 0 Å². The molecule has 0 fully saturated rings. The molecule has 27 heavy (non-hydrogen) atoms. The second kappa shape index (κ2) is 9.97. The Kier molecular flexibility index (Phi) is 7.38. The third-order valence-corrected chi connectivity index (χ3v) is 3.53. The van der Waals surface area contributed by atoms with Crippen LogP contribution in [-0.4, -0.2) is 37.8 Å². The minimum Gasteiger partial charge on any atom is -0.497 e. The molecule has 2 rings (SSSR count). The van der Waals surface area contributed by atoms with Gasteiger partial charge in [-0.15, -0.1) is 0 Å². The van der Waals surface area contributed by atoms with Crippen LogP contribution in [0.25, 0.3) is 0 Å². The SMILES string of the molecule is COc1ccc(OCC(=O)NC(=S)NNC(=O)c2ccc(OC)cc2)cc1. The molecule has 8 nitrogen and oxygen atoms in total. The van der Waals surface area contributed by atoms with Gasteiger partial charge in [0.25, 0.3) is 11.8 Å². The number of carbonyl (C=O) groups excluding carboxylic acids is 2. The first-order valence-electron chi connectivity index (χ1n) is 7.83. The van der Waals surface area contributed by atoms with E-state index in [1.807, 2.05) is 0 Å².